The maximum Gasteiger partial charge on any atom is 0.223 e. The van der Waals surface area contributed by atoms with Crippen molar-refractivity contribution in [3.05, 3.63) is 29.3 Å². The molecule has 4 rings (SSSR count). The first-order chi connectivity index (χ1) is 11.8. The molecule has 0 unspecified atom stereocenters. The number of likely N-dealkylation sites (tertiary alicyclic amines) is 1. The molecule has 0 spiro atoms. The van der Waals surface area contributed by atoms with E-state index in [2.05, 4.69) is 23.1 Å². The predicted molar refractivity (Wildman–Crippen MR) is 96.1 cm³/mol. The molecule has 0 bridgehead atoms. The molecule has 0 radical (unpaired) electrons. The zero-order valence-corrected chi connectivity index (χ0v) is 14.8. The summed E-state index contributed by atoms with van der Waals surface area (Å²) in [6.45, 7) is 1.72. The predicted octanol–water partition coefficient (Wildman–Crippen LogP) is 4.31. The molecular formula is C19H24N2O2S. The molecule has 3 heterocycles. The van der Waals surface area contributed by atoms with E-state index < -0.39 is 0 Å². The molecule has 2 aliphatic heterocycles. The molecule has 2 atom stereocenters. The number of piperidine rings is 1. The van der Waals surface area contributed by atoms with Crippen LogP contribution in [0.5, 0.6) is 0 Å². The Hall–Kier alpha value is -1.46. The Labute approximate surface area is 146 Å². The normalized spacial score (nSPS) is 24.6. The van der Waals surface area contributed by atoms with Gasteiger partial charge in [0.2, 0.25) is 5.91 Å². The van der Waals surface area contributed by atoms with Gasteiger partial charge in [-0.15, -0.1) is 11.3 Å². The summed E-state index contributed by atoms with van der Waals surface area (Å²) in [5.74, 6) is 0.273. The highest BCUT2D eigenvalue weighted by atomic mass is 32.1. The molecule has 5 heteroatoms. The number of carbonyl (C=O) groups is 1. The molecule has 24 heavy (non-hydrogen) atoms. The van der Waals surface area contributed by atoms with Gasteiger partial charge in [0.1, 0.15) is 5.01 Å². The number of carbonyl (C=O) groups excluding carboxylic acids is 1. The van der Waals surface area contributed by atoms with Gasteiger partial charge in [-0.25, -0.2) is 4.98 Å². The smallest absolute Gasteiger partial charge is 0.223 e. The summed E-state index contributed by atoms with van der Waals surface area (Å²) in [7, 11) is 0. The van der Waals surface area contributed by atoms with Gasteiger partial charge in [0.25, 0.3) is 0 Å². The van der Waals surface area contributed by atoms with E-state index in [-0.39, 0.29) is 11.9 Å². The summed E-state index contributed by atoms with van der Waals surface area (Å²) in [6, 6.07) is 8.41. The first-order valence-corrected chi connectivity index (χ1v) is 9.89. The molecule has 2 saturated heterocycles. The van der Waals surface area contributed by atoms with Crippen LogP contribution in [0.2, 0.25) is 0 Å². The van der Waals surface area contributed by atoms with Crippen molar-refractivity contribution in [2.75, 3.05) is 13.2 Å². The van der Waals surface area contributed by atoms with E-state index in [4.69, 9.17) is 9.72 Å². The second kappa shape index (κ2) is 7.19. The number of thiazole rings is 1. The minimum Gasteiger partial charge on any atom is -0.378 e. The summed E-state index contributed by atoms with van der Waals surface area (Å²) in [4.78, 5) is 19.7. The average molecular weight is 344 g/mol. The second-order valence-electron chi connectivity index (χ2n) is 6.79. The highest BCUT2D eigenvalue weighted by molar-refractivity contribution is 7.18. The summed E-state index contributed by atoms with van der Waals surface area (Å²) in [5, 5.41) is 1.10. The van der Waals surface area contributed by atoms with Crippen LogP contribution in [0.1, 0.15) is 56.0 Å². The number of ether oxygens (including phenoxy) is 1. The molecular weight excluding hydrogens is 320 g/mol. The molecule has 1 amide bonds. The van der Waals surface area contributed by atoms with E-state index in [0.29, 0.717) is 12.5 Å². The Balaban J connectivity index is 1.48. The highest BCUT2D eigenvalue weighted by Gasteiger charge is 2.30. The van der Waals surface area contributed by atoms with Crippen LogP contribution in [0, 0.1) is 0 Å². The molecule has 2 aromatic rings. The lowest BCUT2D eigenvalue weighted by molar-refractivity contribution is -0.135. The van der Waals surface area contributed by atoms with Crippen LogP contribution in [0.3, 0.4) is 0 Å². The van der Waals surface area contributed by atoms with Crippen LogP contribution < -0.4 is 0 Å². The van der Waals surface area contributed by atoms with Crippen LogP contribution in [-0.4, -0.2) is 35.0 Å². The van der Waals surface area contributed by atoms with Crippen molar-refractivity contribution in [1.29, 1.82) is 0 Å². The van der Waals surface area contributed by atoms with E-state index in [0.717, 1.165) is 55.8 Å². The van der Waals surface area contributed by atoms with Gasteiger partial charge in [-0.05, 0) is 50.7 Å². The third kappa shape index (κ3) is 3.33. The summed E-state index contributed by atoms with van der Waals surface area (Å²) in [5.41, 5.74) is 1.05. The number of benzene rings is 1. The zero-order chi connectivity index (χ0) is 16.4. The van der Waals surface area contributed by atoms with Gasteiger partial charge in [0, 0.05) is 19.6 Å². The molecule has 2 aliphatic rings. The Bertz CT molecular complexity index is 675. The van der Waals surface area contributed by atoms with E-state index in [9.17, 15) is 4.79 Å². The zero-order valence-electron chi connectivity index (χ0n) is 13.9. The van der Waals surface area contributed by atoms with Crippen molar-refractivity contribution in [1.82, 2.24) is 9.88 Å². The maximum atomic E-state index is 12.8. The number of rotatable bonds is 4. The maximum absolute atomic E-state index is 12.8. The van der Waals surface area contributed by atoms with Gasteiger partial charge in [-0.3, -0.25) is 4.79 Å². The van der Waals surface area contributed by atoms with E-state index in [1.807, 2.05) is 6.07 Å². The van der Waals surface area contributed by atoms with Crippen LogP contribution >= 0.6 is 11.3 Å². The molecule has 1 aromatic heterocycles. The topological polar surface area (TPSA) is 42.4 Å². The fourth-order valence-corrected chi connectivity index (χ4v) is 4.93. The molecule has 2 fully saturated rings. The largest absolute Gasteiger partial charge is 0.378 e. The Morgan fingerprint density at radius 2 is 2.17 bits per heavy atom. The number of amides is 1. The SMILES string of the molecule is O=C(CC[C@@H]1CCCO1)N1CCCC[C@@H]1c1nc2ccccc2s1. The molecule has 1 aromatic carbocycles. The van der Waals surface area contributed by atoms with Crippen molar-refractivity contribution in [2.45, 2.75) is 57.1 Å². The average Bonchev–Trinajstić information content (AvgIpc) is 3.29. The summed E-state index contributed by atoms with van der Waals surface area (Å²) in [6.07, 6.45) is 7.31. The fourth-order valence-electron chi connectivity index (χ4n) is 3.82. The van der Waals surface area contributed by atoms with Crippen molar-refractivity contribution in [3.8, 4) is 0 Å². The molecule has 0 aliphatic carbocycles. The number of hydrogen-bond acceptors (Lipinski definition) is 4. The third-order valence-corrected chi connectivity index (χ3v) is 6.26. The van der Waals surface area contributed by atoms with Crippen LogP contribution in [0.15, 0.2) is 24.3 Å². The molecule has 4 nitrogen and oxygen atoms in total. The lowest BCUT2D eigenvalue weighted by atomic mass is 10.0. The Morgan fingerprint density at radius 1 is 1.25 bits per heavy atom. The molecule has 128 valence electrons. The van der Waals surface area contributed by atoms with Gasteiger partial charge < -0.3 is 9.64 Å². The van der Waals surface area contributed by atoms with Crippen LogP contribution in [-0.2, 0) is 9.53 Å². The minimum atomic E-state index is 0.160. The first kappa shape index (κ1) is 16.0. The monoisotopic (exact) mass is 344 g/mol. The lowest BCUT2D eigenvalue weighted by Gasteiger charge is -2.34. The van der Waals surface area contributed by atoms with Crippen molar-refractivity contribution >= 4 is 27.5 Å². The number of hydrogen-bond donors (Lipinski definition) is 0. The van der Waals surface area contributed by atoms with Crippen LogP contribution in [0.4, 0.5) is 0 Å². The van der Waals surface area contributed by atoms with Crippen molar-refractivity contribution in [2.24, 2.45) is 0 Å². The fraction of sp³-hybridized carbons (Fsp3) is 0.579. The lowest BCUT2D eigenvalue weighted by Crippen LogP contribution is -2.38. The van der Waals surface area contributed by atoms with E-state index in [1.165, 1.54) is 11.1 Å². The Kier molecular flexibility index (Phi) is 4.81. The molecule has 0 N–H and O–H groups in total. The first-order valence-electron chi connectivity index (χ1n) is 9.08. The highest BCUT2D eigenvalue weighted by Crippen LogP contribution is 2.36. The van der Waals surface area contributed by atoms with Gasteiger partial charge in [0.15, 0.2) is 0 Å². The van der Waals surface area contributed by atoms with E-state index >= 15 is 0 Å². The number of aromatic nitrogens is 1. The quantitative estimate of drug-likeness (QED) is 0.830. The number of para-hydroxylation sites is 1. The van der Waals surface area contributed by atoms with Crippen molar-refractivity contribution < 1.29 is 9.53 Å². The van der Waals surface area contributed by atoms with Gasteiger partial charge in [-0.1, -0.05) is 12.1 Å². The summed E-state index contributed by atoms with van der Waals surface area (Å²) >= 11 is 1.74. The standard InChI is InChI=1S/C19H24N2O2S/c22-18(11-10-14-6-5-13-23-14)21-12-4-3-8-16(21)19-20-15-7-1-2-9-17(15)24-19/h1-2,7,9,14,16H,3-6,8,10-13H2/t14-,16+/m0/s1. The number of fused-ring (bicyclic) bond motifs is 1. The minimum absolute atomic E-state index is 0.160. The summed E-state index contributed by atoms with van der Waals surface area (Å²) < 4.78 is 6.87. The van der Waals surface area contributed by atoms with Crippen LogP contribution in [0.25, 0.3) is 10.2 Å². The Morgan fingerprint density at radius 3 is 3.00 bits per heavy atom. The van der Waals surface area contributed by atoms with Gasteiger partial charge >= 0.3 is 0 Å². The number of nitrogens with zero attached hydrogens (tertiary/aromatic N) is 2. The van der Waals surface area contributed by atoms with Gasteiger partial charge in [-0.2, -0.15) is 0 Å². The second-order valence-corrected chi connectivity index (χ2v) is 7.85. The van der Waals surface area contributed by atoms with Crippen molar-refractivity contribution in [3.63, 3.8) is 0 Å². The van der Waals surface area contributed by atoms with E-state index in [1.54, 1.807) is 11.3 Å². The molecule has 0 saturated carbocycles. The third-order valence-electron chi connectivity index (χ3n) is 5.12. The van der Waals surface area contributed by atoms with Gasteiger partial charge in [0.05, 0.1) is 22.4 Å².